The first-order valence-corrected chi connectivity index (χ1v) is 16.3. The van der Waals surface area contributed by atoms with Gasteiger partial charge in [-0.25, -0.2) is 0 Å². The van der Waals surface area contributed by atoms with Gasteiger partial charge in [0.05, 0.1) is 15.2 Å². The van der Waals surface area contributed by atoms with E-state index in [9.17, 15) is 0 Å². The molecule has 3 atom stereocenters. The van der Waals surface area contributed by atoms with Crippen LogP contribution < -0.4 is 0 Å². The second-order valence-corrected chi connectivity index (χ2v) is 25.1. The van der Waals surface area contributed by atoms with Crippen LogP contribution in [0, 0.1) is 17.8 Å². The molecule has 1 saturated carbocycles. The van der Waals surface area contributed by atoms with Gasteiger partial charge in [0.15, 0.2) is 6.71 Å². The summed E-state index contributed by atoms with van der Waals surface area (Å²) in [5.74, 6) is 3.14. The van der Waals surface area contributed by atoms with Crippen LogP contribution in [0.1, 0.15) is 39.0 Å². The Balaban J connectivity index is 1.94. The van der Waals surface area contributed by atoms with Crippen molar-refractivity contribution in [2.24, 2.45) is 17.8 Å². The molecule has 3 unspecified atom stereocenters. The fourth-order valence-electron chi connectivity index (χ4n) is 6.11. The molecule has 3 heterocycles. The van der Waals surface area contributed by atoms with Gasteiger partial charge in [-0.15, -0.1) is 16.6 Å². The second-order valence-electron chi connectivity index (χ2n) is 9.72. The SMILES string of the molecule is CC1=C2CC3CC4CB2C(=C[Si](C)(C)[Si]1(C)C)CC(C4)C3. The molecule has 0 radical (unpaired) electrons. The summed E-state index contributed by atoms with van der Waals surface area (Å²) >= 11 is 0. The standard InChI is InChI=1S/C18H31BSi2/c1-13-18-10-15-6-14-7-16(8-15)11-19(18)17(9-14)12-20(2,3)21(13,4)5/h12,14-16H,6-11H2,1-5H3. The maximum atomic E-state index is 2.92. The molecular weight excluding hydrogens is 283 g/mol. The Morgan fingerprint density at radius 1 is 0.952 bits per heavy atom. The van der Waals surface area contributed by atoms with Crippen LogP contribution in [0.3, 0.4) is 0 Å². The Morgan fingerprint density at radius 3 is 2.29 bits per heavy atom. The monoisotopic (exact) mass is 314 g/mol. The summed E-state index contributed by atoms with van der Waals surface area (Å²) in [6, 6.07) is 0. The Labute approximate surface area is 133 Å². The van der Waals surface area contributed by atoms with E-state index >= 15 is 0 Å². The molecule has 0 aromatic rings. The summed E-state index contributed by atoms with van der Waals surface area (Å²) in [6.45, 7) is 14.2. The van der Waals surface area contributed by atoms with E-state index in [0.717, 1.165) is 24.5 Å². The third-order valence-electron chi connectivity index (χ3n) is 8.05. The molecule has 21 heavy (non-hydrogen) atoms. The lowest BCUT2D eigenvalue weighted by Gasteiger charge is -2.38. The van der Waals surface area contributed by atoms with Crippen LogP contribution in [0.25, 0.3) is 0 Å². The molecule has 4 aliphatic rings. The molecule has 2 saturated heterocycles. The molecule has 114 valence electrons. The summed E-state index contributed by atoms with van der Waals surface area (Å²) in [4.78, 5) is 0. The number of hydrogen-bond acceptors (Lipinski definition) is 0. The van der Waals surface area contributed by atoms with Crippen molar-refractivity contribution in [2.45, 2.75) is 71.5 Å². The predicted molar refractivity (Wildman–Crippen MR) is 99.9 cm³/mol. The van der Waals surface area contributed by atoms with Crippen molar-refractivity contribution in [2.75, 3.05) is 0 Å². The van der Waals surface area contributed by atoms with Crippen molar-refractivity contribution in [3.05, 3.63) is 21.8 Å². The number of allylic oxidation sites excluding steroid dienone is 3. The molecule has 3 fully saturated rings. The summed E-state index contributed by atoms with van der Waals surface area (Å²) in [7, 11) is -2.44. The first kappa shape index (κ1) is 14.6. The van der Waals surface area contributed by atoms with E-state index in [-0.39, 0.29) is 0 Å². The van der Waals surface area contributed by atoms with Crippen LogP contribution in [0.4, 0.5) is 0 Å². The fourth-order valence-corrected chi connectivity index (χ4v) is 14.8. The maximum absolute atomic E-state index is 2.92. The zero-order valence-electron chi connectivity index (χ0n) is 14.6. The highest BCUT2D eigenvalue weighted by molar-refractivity contribution is 7.45. The zero-order valence-corrected chi connectivity index (χ0v) is 16.6. The molecule has 0 N–H and O–H groups in total. The zero-order chi connectivity index (χ0) is 15.0. The molecule has 0 amide bonds. The van der Waals surface area contributed by atoms with Crippen LogP contribution >= 0.6 is 0 Å². The van der Waals surface area contributed by atoms with Crippen LogP contribution in [0.15, 0.2) is 21.8 Å². The minimum Gasteiger partial charge on any atom is -0.105 e. The van der Waals surface area contributed by atoms with Gasteiger partial charge in [-0.3, -0.25) is 0 Å². The van der Waals surface area contributed by atoms with Gasteiger partial charge in [0, 0.05) is 0 Å². The largest absolute Gasteiger partial charge is 0.198 e. The predicted octanol–water partition coefficient (Wildman–Crippen LogP) is 5.23. The maximum Gasteiger partial charge on any atom is 0.198 e. The normalized spacial score (nSPS) is 39.8. The third kappa shape index (κ3) is 2.06. The molecule has 3 heteroatoms. The third-order valence-corrected chi connectivity index (χ3v) is 25.8. The van der Waals surface area contributed by atoms with E-state index in [4.69, 9.17) is 0 Å². The van der Waals surface area contributed by atoms with Crippen molar-refractivity contribution >= 4 is 21.9 Å². The lowest BCUT2D eigenvalue weighted by molar-refractivity contribution is 0.214. The first-order chi connectivity index (χ1) is 9.78. The molecular formula is C18H31BSi2. The topological polar surface area (TPSA) is 0 Å². The molecule has 1 aliphatic carbocycles. The van der Waals surface area contributed by atoms with E-state index in [1.165, 1.54) is 19.2 Å². The number of rotatable bonds is 0. The molecule has 4 bridgehead atoms. The van der Waals surface area contributed by atoms with E-state index < -0.39 is 15.2 Å². The van der Waals surface area contributed by atoms with Crippen molar-refractivity contribution in [1.29, 1.82) is 0 Å². The highest BCUT2D eigenvalue weighted by Gasteiger charge is 2.50. The van der Waals surface area contributed by atoms with Gasteiger partial charge in [-0.1, -0.05) is 37.7 Å². The average molecular weight is 314 g/mol. The fraction of sp³-hybridized carbons (Fsp3) is 0.778. The van der Waals surface area contributed by atoms with Crippen LogP contribution in [-0.2, 0) is 0 Å². The van der Waals surface area contributed by atoms with Gasteiger partial charge < -0.3 is 0 Å². The quantitative estimate of drug-likeness (QED) is 0.537. The van der Waals surface area contributed by atoms with E-state index in [2.05, 4.69) is 38.8 Å². The summed E-state index contributed by atoms with van der Waals surface area (Å²) < 4.78 is 0. The molecule has 3 aliphatic heterocycles. The summed E-state index contributed by atoms with van der Waals surface area (Å²) in [5, 5.41) is 1.93. The molecule has 0 aromatic heterocycles. The first-order valence-electron chi connectivity index (χ1n) is 9.19. The molecule has 0 aromatic carbocycles. The molecule has 0 nitrogen and oxygen atoms in total. The minimum absolute atomic E-state index is 0.881. The minimum atomic E-state index is -1.23. The molecule has 4 rings (SSSR count). The van der Waals surface area contributed by atoms with Gasteiger partial charge >= 0.3 is 0 Å². The Hall–Kier alpha value is -0.0213. The van der Waals surface area contributed by atoms with Crippen LogP contribution in [-0.4, -0.2) is 21.9 Å². The van der Waals surface area contributed by atoms with E-state index in [0.29, 0.717) is 0 Å². The van der Waals surface area contributed by atoms with E-state index in [1.54, 1.807) is 19.3 Å². The van der Waals surface area contributed by atoms with Crippen molar-refractivity contribution < 1.29 is 0 Å². The van der Waals surface area contributed by atoms with E-state index in [1.807, 2.05) is 16.1 Å². The van der Waals surface area contributed by atoms with Gasteiger partial charge in [-0.2, -0.15) is 0 Å². The van der Waals surface area contributed by atoms with Gasteiger partial charge in [0.25, 0.3) is 0 Å². The summed E-state index contributed by atoms with van der Waals surface area (Å²) in [6.07, 6.45) is 9.11. The smallest absolute Gasteiger partial charge is 0.105 e. The highest BCUT2D eigenvalue weighted by atomic mass is 29.3. The second kappa shape index (κ2) is 4.50. The Morgan fingerprint density at radius 2 is 1.57 bits per heavy atom. The average Bonchev–Trinajstić information content (AvgIpc) is 2.60. The Kier molecular flexibility index (Phi) is 3.12. The van der Waals surface area contributed by atoms with Gasteiger partial charge in [0.2, 0.25) is 0 Å². The Bertz CT molecular complexity index is 543. The highest BCUT2D eigenvalue weighted by Crippen LogP contribution is 2.52. The summed E-state index contributed by atoms with van der Waals surface area (Å²) in [5.41, 5.74) is 6.80. The lowest BCUT2D eigenvalue weighted by atomic mass is 9.36. The van der Waals surface area contributed by atoms with Crippen LogP contribution in [0.5, 0.6) is 0 Å². The van der Waals surface area contributed by atoms with Crippen molar-refractivity contribution in [3.8, 4) is 0 Å². The number of hydrogen-bond donors (Lipinski definition) is 0. The van der Waals surface area contributed by atoms with Gasteiger partial charge in [0.1, 0.15) is 0 Å². The van der Waals surface area contributed by atoms with Crippen LogP contribution in [0.2, 0.25) is 32.5 Å². The van der Waals surface area contributed by atoms with Crippen molar-refractivity contribution in [3.63, 3.8) is 0 Å². The van der Waals surface area contributed by atoms with Gasteiger partial charge in [-0.05, 0) is 56.8 Å². The lowest BCUT2D eigenvalue weighted by Crippen LogP contribution is -2.54. The van der Waals surface area contributed by atoms with Crippen molar-refractivity contribution in [1.82, 2.24) is 0 Å². The molecule has 0 spiro atoms. The number of fused-ring (bicyclic) bond motifs is 2.